The first-order chi connectivity index (χ1) is 18.0. The van der Waals surface area contributed by atoms with Gasteiger partial charge in [-0.1, -0.05) is 35.9 Å². The number of aliphatic hydroxyl groups is 1. The summed E-state index contributed by atoms with van der Waals surface area (Å²) in [7, 11) is 2.70. The lowest BCUT2D eigenvalue weighted by molar-refractivity contribution is -0.140. The highest BCUT2D eigenvalue weighted by atomic mass is 35.5. The number of aliphatic hydroxyl groups excluding tert-OH is 1. The van der Waals surface area contributed by atoms with Crippen LogP contribution in [0.3, 0.4) is 0 Å². The van der Waals surface area contributed by atoms with Crippen molar-refractivity contribution in [2.45, 2.75) is 18.8 Å². The number of hydrogen-bond donors (Lipinski definition) is 2. The summed E-state index contributed by atoms with van der Waals surface area (Å²) in [5.41, 5.74) is -0.790. The van der Waals surface area contributed by atoms with E-state index < -0.39 is 35.2 Å². The minimum atomic E-state index is -4.61. The molecule has 3 aromatic rings. The number of phenolic OH excluding ortho intramolecular Hbond substituents is 1. The maximum absolute atomic E-state index is 13.3. The van der Waals surface area contributed by atoms with E-state index in [1.807, 2.05) is 0 Å². The van der Waals surface area contributed by atoms with Crippen LogP contribution in [0.15, 0.2) is 66.2 Å². The van der Waals surface area contributed by atoms with E-state index >= 15 is 0 Å². The molecule has 1 fully saturated rings. The molecule has 3 aromatic carbocycles. The molecule has 0 saturated carbocycles. The second-order valence-corrected chi connectivity index (χ2v) is 8.81. The number of ether oxygens (including phenoxy) is 2. The number of nitrogens with zero attached hydrogens (tertiary/aromatic N) is 1. The molecule has 0 radical (unpaired) electrons. The average molecular weight is 548 g/mol. The normalized spacial score (nSPS) is 17.1. The number of carbonyl (C=O) groups excluding carboxylic acids is 2. The van der Waals surface area contributed by atoms with Crippen molar-refractivity contribution in [3.63, 3.8) is 0 Å². The highest BCUT2D eigenvalue weighted by molar-refractivity contribution is 6.46. The number of Topliss-reactive ketones (excluding diaryl/α,β-unsaturated/α-hetero) is 1. The highest BCUT2D eigenvalue weighted by Gasteiger charge is 2.46. The maximum Gasteiger partial charge on any atom is 0.416 e. The van der Waals surface area contributed by atoms with Gasteiger partial charge in [0.25, 0.3) is 11.7 Å². The molecule has 0 bridgehead atoms. The van der Waals surface area contributed by atoms with Gasteiger partial charge in [0.15, 0.2) is 0 Å². The number of ketones is 1. The van der Waals surface area contributed by atoms with Crippen molar-refractivity contribution in [2.24, 2.45) is 0 Å². The molecule has 1 atom stereocenters. The Balaban J connectivity index is 1.89. The van der Waals surface area contributed by atoms with Crippen LogP contribution in [0.1, 0.15) is 28.3 Å². The smallest absolute Gasteiger partial charge is 0.416 e. The van der Waals surface area contributed by atoms with Gasteiger partial charge in [-0.3, -0.25) is 9.59 Å². The summed E-state index contributed by atoms with van der Waals surface area (Å²) in [5.74, 6) is -2.44. The Hall–Kier alpha value is -4.18. The zero-order valence-corrected chi connectivity index (χ0v) is 20.8. The molecule has 7 nitrogen and oxygen atoms in total. The number of aromatic hydroxyl groups is 1. The van der Waals surface area contributed by atoms with Gasteiger partial charge >= 0.3 is 6.18 Å². The second-order valence-electron chi connectivity index (χ2n) is 8.40. The van der Waals surface area contributed by atoms with Crippen molar-refractivity contribution in [1.29, 1.82) is 0 Å². The molecular formula is C27H21ClF3NO6. The Morgan fingerprint density at radius 2 is 1.66 bits per heavy atom. The van der Waals surface area contributed by atoms with Gasteiger partial charge in [0.1, 0.15) is 23.0 Å². The minimum Gasteiger partial charge on any atom is -0.508 e. The fraction of sp³-hybridized carbons (Fsp3) is 0.185. The van der Waals surface area contributed by atoms with Crippen molar-refractivity contribution in [1.82, 2.24) is 4.90 Å². The van der Waals surface area contributed by atoms with Crippen LogP contribution in [0.2, 0.25) is 5.02 Å². The predicted octanol–water partition coefficient (Wildman–Crippen LogP) is 5.70. The van der Waals surface area contributed by atoms with E-state index in [0.29, 0.717) is 5.56 Å². The van der Waals surface area contributed by atoms with E-state index in [-0.39, 0.29) is 45.5 Å². The number of rotatable bonds is 6. The zero-order valence-electron chi connectivity index (χ0n) is 20.0. The second kappa shape index (κ2) is 10.3. The molecule has 11 heteroatoms. The molecule has 0 spiro atoms. The average Bonchev–Trinajstić information content (AvgIpc) is 3.13. The van der Waals surface area contributed by atoms with E-state index in [9.17, 15) is 33.0 Å². The number of likely N-dealkylation sites (tertiary alicyclic amines) is 1. The lowest BCUT2D eigenvalue weighted by atomic mass is 9.94. The fourth-order valence-corrected chi connectivity index (χ4v) is 4.52. The highest BCUT2D eigenvalue weighted by Crippen LogP contribution is 2.44. The Morgan fingerprint density at radius 3 is 2.26 bits per heavy atom. The molecule has 1 aliphatic heterocycles. The molecule has 198 valence electrons. The van der Waals surface area contributed by atoms with Crippen LogP contribution in [0, 0.1) is 0 Å². The van der Waals surface area contributed by atoms with Gasteiger partial charge in [0.2, 0.25) is 0 Å². The Kier molecular flexibility index (Phi) is 7.28. The van der Waals surface area contributed by atoms with Gasteiger partial charge in [0.05, 0.1) is 42.0 Å². The van der Waals surface area contributed by atoms with Crippen molar-refractivity contribution in [3.05, 3.63) is 93.5 Å². The van der Waals surface area contributed by atoms with Gasteiger partial charge in [-0.15, -0.1) is 0 Å². The summed E-state index contributed by atoms with van der Waals surface area (Å²) in [6, 6.07) is 11.4. The topological polar surface area (TPSA) is 96.3 Å². The summed E-state index contributed by atoms with van der Waals surface area (Å²) < 4.78 is 50.3. The molecular weight excluding hydrogens is 527 g/mol. The first-order valence-electron chi connectivity index (χ1n) is 11.1. The third kappa shape index (κ3) is 4.99. The molecule has 1 saturated heterocycles. The largest absolute Gasteiger partial charge is 0.508 e. The number of methoxy groups -OCH3 is 2. The number of hydrogen-bond acceptors (Lipinski definition) is 6. The summed E-state index contributed by atoms with van der Waals surface area (Å²) in [6.07, 6.45) is -4.61. The van der Waals surface area contributed by atoms with Crippen LogP contribution in [-0.2, 0) is 22.3 Å². The third-order valence-electron chi connectivity index (χ3n) is 6.09. The van der Waals surface area contributed by atoms with Crippen LogP contribution in [0.25, 0.3) is 5.76 Å². The zero-order chi connectivity index (χ0) is 27.8. The van der Waals surface area contributed by atoms with Gasteiger partial charge in [-0.05, 0) is 41.5 Å². The number of phenols is 1. The molecule has 4 rings (SSSR count). The first-order valence-corrected chi connectivity index (χ1v) is 11.5. The van der Waals surface area contributed by atoms with Crippen molar-refractivity contribution in [2.75, 3.05) is 14.2 Å². The van der Waals surface area contributed by atoms with Crippen LogP contribution >= 0.6 is 11.6 Å². The lowest BCUT2D eigenvalue weighted by Crippen LogP contribution is -2.29. The van der Waals surface area contributed by atoms with Gasteiger partial charge in [0, 0.05) is 12.6 Å². The summed E-state index contributed by atoms with van der Waals surface area (Å²) in [5, 5.41) is 21.2. The SMILES string of the molecule is COc1cc(OC)c(/C(O)=C2\C(=O)C(=O)N(Cc3cccc(C(F)(F)F)c3)C2c2ccc(O)cc2)cc1Cl. The number of amides is 1. The Labute approximate surface area is 220 Å². The maximum atomic E-state index is 13.3. The van der Waals surface area contributed by atoms with Crippen molar-refractivity contribution in [3.8, 4) is 17.2 Å². The summed E-state index contributed by atoms with van der Waals surface area (Å²) in [4.78, 5) is 27.5. The van der Waals surface area contributed by atoms with E-state index in [1.165, 1.54) is 62.8 Å². The lowest BCUT2D eigenvalue weighted by Gasteiger charge is -2.26. The molecule has 38 heavy (non-hydrogen) atoms. The van der Waals surface area contributed by atoms with Crippen LogP contribution < -0.4 is 9.47 Å². The molecule has 1 aliphatic rings. The molecule has 1 amide bonds. The molecule has 2 N–H and O–H groups in total. The fourth-order valence-electron chi connectivity index (χ4n) is 4.28. The molecule has 0 aromatic heterocycles. The van der Waals surface area contributed by atoms with Gasteiger partial charge in [-0.2, -0.15) is 13.2 Å². The van der Waals surface area contributed by atoms with Crippen LogP contribution in [0.5, 0.6) is 17.2 Å². The van der Waals surface area contributed by atoms with E-state index in [2.05, 4.69) is 0 Å². The van der Waals surface area contributed by atoms with E-state index in [1.54, 1.807) is 0 Å². The monoisotopic (exact) mass is 547 g/mol. The molecule has 1 heterocycles. The standard InChI is InChI=1S/C27H21ClF3NO6/c1-37-20-12-21(38-2)19(28)11-18(20)24(34)22-23(15-6-8-17(33)9-7-15)32(26(36)25(22)35)13-14-4-3-5-16(10-14)27(29,30)31/h3-12,23,33-34H,13H2,1-2H3/b24-22+. The number of carbonyl (C=O) groups is 2. The summed E-state index contributed by atoms with van der Waals surface area (Å²) >= 11 is 6.24. The van der Waals surface area contributed by atoms with Crippen molar-refractivity contribution >= 4 is 29.1 Å². The van der Waals surface area contributed by atoms with Crippen LogP contribution in [-0.4, -0.2) is 41.0 Å². The Morgan fingerprint density at radius 1 is 1.00 bits per heavy atom. The number of alkyl halides is 3. The van der Waals surface area contributed by atoms with E-state index in [0.717, 1.165) is 17.0 Å². The molecule has 0 aliphatic carbocycles. The Bertz CT molecular complexity index is 1440. The quantitative estimate of drug-likeness (QED) is 0.233. The van der Waals surface area contributed by atoms with Gasteiger partial charge < -0.3 is 24.6 Å². The summed E-state index contributed by atoms with van der Waals surface area (Å²) in [6.45, 7) is -0.364. The van der Waals surface area contributed by atoms with Crippen molar-refractivity contribution < 1.29 is 42.4 Å². The van der Waals surface area contributed by atoms with Gasteiger partial charge in [-0.25, -0.2) is 0 Å². The number of benzene rings is 3. The minimum absolute atomic E-state index is 0.000790. The van der Waals surface area contributed by atoms with E-state index in [4.69, 9.17) is 21.1 Å². The molecule has 1 unspecified atom stereocenters. The first kappa shape index (κ1) is 26.9. The predicted molar refractivity (Wildman–Crippen MR) is 132 cm³/mol. The number of halogens is 4. The van der Waals surface area contributed by atoms with Crippen LogP contribution in [0.4, 0.5) is 13.2 Å². The third-order valence-corrected chi connectivity index (χ3v) is 6.38.